The second-order valence-corrected chi connectivity index (χ2v) is 6.97. The summed E-state index contributed by atoms with van der Waals surface area (Å²) in [4.78, 5) is 29.0. The minimum atomic E-state index is -0.655. The molecule has 1 unspecified atom stereocenters. The molecule has 29 heavy (non-hydrogen) atoms. The topological polar surface area (TPSA) is 97.1 Å². The summed E-state index contributed by atoms with van der Waals surface area (Å²) in [5, 5.41) is 6.54. The number of aromatic nitrogens is 1. The maximum atomic E-state index is 12.6. The average Bonchev–Trinajstić information content (AvgIpc) is 3.23. The first-order valence-electron chi connectivity index (χ1n) is 9.40. The van der Waals surface area contributed by atoms with Gasteiger partial charge in [-0.25, -0.2) is 0 Å². The van der Waals surface area contributed by atoms with Crippen LogP contribution in [-0.4, -0.2) is 80.3 Å². The van der Waals surface area contributed by atoms with Gasteiger partial charge in [0.25, 0.3) is 5.91 Å². The van der Waals surface area contributed by atoms with Crippen LogP contribution in [0.2, 0.25) is 0 Å². The average molecular weight is 402 g/mol. The molecule has 1 aliphatic heterocycles. The third-order valence-corrected chi connectivity index (χ3v) is 4.95. The Balaban J connectivity index is 1.69. The minimum absolute atomic E-state index is 0.0860. The third-order valence-electron chi connectivity index (χ3n) is 4.95. The molecular formula is C20H26N4O5. The van der Waals surface area contributed by atoms with Crippen molar-refractivity contribution in [3.63, 3.8) is 0 Å². The summed E-state index contributed by atoms with van der Waals surface area (Å²) in [6.45, 7) is 4.62. The lowest BCUT2D eigenvalue weighted by atomic mass is 10.1. The summed E-state index contributed by atoms with van der Waals surface area (Å²) in [5.41, 5.74) is 0.697. The van der Waals surface area contributed by atoms with E-state index in [1.165, 1.54) is 6.07 Å². The molecule has 0 spiro atoms. The van der Waals surface area contributed by atoms with Gasteiger partial charge in [-0.3, -0.25) is 9.59 Å². The summed E-state index contributed by atoms with van der Waals surface area (Å²) in [6.07, 6.45) is 0. The Bertz CT molecular complexity index is 874. The van der Waals surface area contributed by atoms with Crippen LogP contribution in [0.15, 0.2) is 28.8 Å². The Morgan fingerprint density at radius 2 is 1.86 bits per heavy atom. The van der Waals surface area contributed by atoms with Crippen LogP contribution in [0.1, 0.15) is 17.4 Å². The van der Waals surface area contributed by atoms with Crippen LogP contribution in [0.4, 0.5) is 0 Å². The predicted octanol–water partition coefficient (Wildman–Crippen LogP) is 1.25. The van der Waals surface area contributed by atoms with Crippen molar-refractivity contribution in [2.24, 2.45) is 0 Å². The summed E-state index contributed by atoms with van der Waals surface area (Å²) in [5.74, 6) is 0.965. The fourth-order valence-corrected chi connectivity index (χ4v) is 3.15. The smallest absolute Gasteiger partial charge is 0.274 e. The number of nitrogens with one attached hydrogen (secondary N) is 1. The van der Waals surface area contributed by atoms with E-state index in [-0.39, 0.29) is 11.6 Å². The lowest BCUT2D eigenvalue weighted by Crippen LogP contribution is -2.53. The molecule has 1 aliphatic rings. The number of methoxy groups -OCH3 is 2. The molecular weight excluding hydrogens is 376 g/mol. The van der Waals surface area contributed by atoms with Crippen molar-refractivity contribution < 1.29 is 23.6 Å². The van der Waals surface area contributed by atoms with Crippen LogP contribution in [0.5, 0.6) is 11.5 Å². The zero-order valence-corrected chi connectivity index (χ0v) is 17.1. The molecule has 0 bridgehead atoms. The number of hydrogen-bond acceptors (Lipinski definition) is 7. The van der Waals surface area contributed by atoms with Crippen molar-refractivity contribution >= 4 is 11.8 Å². The van der Waals surface area contributed by atoms with Crippen LogP contribution < -0.4 is 14.8 Å². The zero-order valence-electron chi connectivity index (χ0n) is 17.1. The van der Waals surface area contributed by atoms with E-state index in [1.807, 2.05) is 7.05 Å². The van der Waals surface area contributed by atoms with Gasteiger partial charge >= 0.3 is 0 Å². The number of rotatable bonds is 6. The van der Waals surface area contributed by atoms with Gasteiger partial charge in [0.1, 0.15) is 17.5 Å². The monoisotopic (exact) mass is 402 g/mol. The maximum Gasteiger partial charge on any atom is 0.274 e. The van der Waals surface area contributed by atoms with Crippen molar-refractivity contribution in [2.45, 2.75) is 13.0 Å². The van der Waals surface area contributed by atoms with Gasteiger partial charge in [-0.05, 0) is 32.2 Å². The van der Waals surface area contributed by atoms with Crippen LogP contribution in [0, 0.1) is 0 Å². The van der Waals surface area contributed by atoms with Gasteiger partial charge in [0.05, 0.1) is 19.8 Å². The highest BCUT2D eigenvalue weighted by atomic mass is 16.5. The summed E-state index contributed by atoms with van der Waals surface area (Å²) >= 11 is 0. The first-order chi connectivity index (χ1) is 13.9. The van der Waals surface area contributed by atoms with E-state index >= 15 is 0 Å². The Morgan fingerprint density at radius 3 is 2.52 bits per heavy atom. The Hall–Kier alpha value is -3.07. The molecule has 1 atom stereocenters. The van der Waals surface area contributed by atoms with Crippen molar-refractivity contribution in [3.05, 3.63) is 30.0 Å². The fourth-order valence-electron chi connectivity index (χ4n) is 3.15. The largest absolute Gasteiger partial charge is 0.497 e. The zero-order chi connectivity index (χ0) is 21.0. The lowest BCUT2D eigenvalue weighted by Gasteiger charge is -2.34. The van der Waals surface area contributed by atoms with Crippen LogP contribution in [-0.2, 0) is 4.79 Å². The molecule has 1 saturated heterocycles. The van der Waals surface area contributed by atoms with Gasteiger partial charge < -0.3 is 29.1 Å². The van der Waals surface area contributed by atoms with Gasteiger partial charge in [-0.15, -0.1) is 0 Å². The number of hydrogen-bond donors (Lipinski definition) is 1. The number of benzene rings is 1. The molecule has 3 rings (SSSR count). The van der Waals surface area contributed by atoms with E-state index in [2.05, 4.69) is 15.4 Å². The number of likely N-dealkylation sites (N-methyl/N-ethyl adjacent to an activating group) is 1. The highest BCUT2D eigenvalue weighted by Crippen LogP contribution is 2.33. The van der Waals surface area contributed by atoms with Crippen molar-refractivity contribution in [1.29, 1.82) is 0 Å². The van der Waals surface area contributed by atoms with Gasteiger partial charge in [0, 0.05) is 32.2 Å². The molecule has 156 valence electrons. The van der Waals surface area contributed by atoms with E-state index < -0.39 is 11.9 Å². The molecule has 0 saturated carbocycles. The number of carbonyl (C=O) groups excluding carboxylic acids is 2. The van der Waals surface area contributed by atoms with Gasteiger partial charge in [-0.1, -0.05) is 5.16 Å². The first-order valence-corrected chi connectivity index (χ1v) is 9.40. The highest BCUT2D eigenvalue weighted by molar-refractivity contribution is 5.96. The fraction of sp³-hybridized carbons (Fsp3) is 0.450. The van der Waals surface area contributed by atoms with Crippen LogP contribution in [0.3, 0.4) is 0 Å². The Labute approximate surface area is 169 Å². The van der Waals surface area contributed by atoms with Crippen molar-refractivity contribution in [2.75, 3.05) is 47.4 Å². The lowest BCUT2D eigenvalue weighted by molar-refractivity contribution is -0.134. The SMILES string of the molecule is COc1ccc(OC)c(-c2cc(C(=O)NC(C)C(=O)N3CCN(C)CC3)no2)c1. The van der Waals surface area contributed by atoms with E-state index in [4.69, 9.17) is 14.0 Å². The second kappa shape index (κ2) is 8.95. The van der Waals surface area contributed by atoms with Crippen molar-refractivity contribution in [1.82, 2.24) is 20.3 Å². The predicted molar refractivity (Wildman–Crippen MR) is 106 cm³/mol. The first kappa shape index (κ1) is 20.7. The molecule has 0 radical (unpaired) electrons. The molecule has 2 aromatic rings. The number of ether oxygens (including phenoxy) is 2. The second-order valence-electron chi connectivity index (χ2n) is 6.97. The number of piperazine rings is 1. The standard InChI is InChI=1S/C20H26N4O5/c1-13(20(26)24-9-7-23(2)8-10-24)21-19(25)16-12-18(29-22-16)15-11-14(27-3)5-6-17(15)28-4/h5-6,11-13H,7-10H2,1-4H3,(H,21,25). The molecule has 9 nitrogen and oxygen atoms in total. The van der Waals surface area contributed by atoms with E-state index in [1.54, 1.807) is 44.2 Å². The molecule has 1 N–H and O–H groups in total. The summed E-state index contributed by atoms with van der Waals surface area (Å²) in [6, 6.07) is 6.10. The number of nitrogens with zero attached hydrogens (tertiary/aromatic N) is 3. The molecule has 1 aromatic carbocycles. The molecule has 2 heterocycles. The van der Waals surface area contributed by atoms with Gasteiger partial charge in [0.15, 0.2) is 11.5 Å². The maximum absolute atomic E-state index is 12.6. The number of amides is 2. The number of carbonyl (C=O) groups is 2. The molecule has 1 aromatic heterocycles. The van der Waals surface area contributed by atoms with E-state index in [0.717, 1.165) is 13.1 Å². The Kier molecular flexibility index (Phi) is 6.38. The van der Waals surface area contributed by atoms with Gasteiger partial charge in [0.2, 0.25) is 5.91 Å². The van der Waals surface area contributed by atoms with Crippen LogP contribution >= 0.6 is 0 Å². The molecule has 0 aliphatic carbocycles. The Morgan fingerprint density at radius 1 is 1.14 bits per heavy atom. The molecule has 9 heteroatoms. The van der Waals surface area contributed by atoms with Crippen molar-refractivity contribution in [3.8, 4) is 22.8 Å². The van der Waals surface area contributed by atoms with Crippen LogP contribution in [0.25, 0.3) is 11.3 Å². The minimum Gasteiger partial charge on any atom is -0.497 e. The molecule has 2 amide bonds. The van der Waals surface area contributed by atoms with E-state index in [0.29, 0.717) is 35.9 Å². The third kappa shape index (κ3) is 4.68. The van der Waals surface area contributed by atoms with Gasteiger partial charge in [-0.2, -0.15) is 0 Å². The van der Waals surface area contributed by atoms with E-state index in [9.17, 15) is 9.59 Å². The summed E-state index contributed by atoms with van der Waals surface area (Å²) < 4.78 is 15.9. The summed E-state index contributed by atoms with van der Waals surface area (Å²) in [7, 11) is 5.12. The quantitative estimate of drug-likeness (QED) is 0.777. The normalized spacial score (nSPS) is 15.7. The molecule has 1 fully saturated rings. The highest BCUT2D eigenvalue weighted by Gasteiger charge is 2.26.